The lowest BCUT2D eigenvalue weighted by Gasteiger charge is -2.20. The molecule has 18 heteroatoms. The summed E-state index contributed by atoms with van der Waals surface area (Å²) < 4.78 is 149. The summed E-state index contributed by atoms with van der Waals surface area (Å²) >= 11 is 0. The maximum Gasteiger partial charge on any atom is 0.453 e. The number of hydrogen-bond acceptors (Lipinski definition) is 8. The molecule has 0 atom stereocenters. The van der Waals surface area contributed by atoms with Crippen molar-refractivity contribution in [1.29, 1.82) is 0 Å². The minimum absolute atomic E-state index is 0.0218. The topological polar surface area (TPSA) is 123 Å². The Hall–Kier alpha value is -5.16. The maximum absolute atomic E-state index is 13.3. The first-order valence-corrected chi connectivity index (χ1v) is 15.3. The number of alkyl halides is 10. The third-order valence-electron chi connectivity index (χ3n) is 7.08. The van der Waals surface area contributed by atoms with Crippen molar-refractivity contribution in [2.45, 2.75) is 56.3 Å². The van der Waals surface area contributed by atoms with Gasteiger partial charge in [0.15, 0.2) is 11.5 Å². The van der Waals surface area contributed by atoms with E-state index in [0.717, 1.165) is 23.8 Å². The summed E-state index contributed by atoms with van der Waals surface area (Å²) in [6.45, 7) is -1.39. The summed E-state index contributed by atoms with van der Waals surface area (Å²) in [6.07, 6.45) is -13.5. The predicted molar refractivity (Wildman–Crippen MR) is 168 cm³/mol. The number of nitrogen functional groups attached to an aromatic ring is 2. The van der Waals surface area contributed by atoms with Gasteiger partial charge in [-0.05, 0) is 72.5 Å². The number of hydrogen-bond donors (Lipinski definition) is 2. The van der Waals surface area contributed by atoms with Crippen LogP contribution in [0.3, 0.4) is 0 Å². The number of benzene rings is 3. The number of carbonyl (C=O) groups excluding carboxylic acids is 2. The highest BCUT2D eigenvalue weighted by atomic mass is 19.4. The zero-order valence-corrected chi connectivity index (χ0v) is 27.0. The van der Waals surface area contributed by atoms with Crippen molar-refractivity contribution in [1.82, 2.24) is 0 Å². The molecule has 0 aliphatic heterocycles. The number of rotatable bonds is 17. The molecule has 0 radical (unpaired) electrons. The average Bonchev–Trinajstić information content (AvgIpc) is 3.05. The highest BCUT2D eigenvalue weighted by Crippen LogP contribution is 2.40. The fourth-order valence-corrected chi connectivity index (χ4v) is 4.23. The van der Waals surface area contributed by atoms with Crippen LogP contribution >= 0.6 is 0 Å². The van der Waals surface area contributed by atoms with E-state index in [1.165, 1.54) is 36.4 Å². The number of anilines is 2. The molecule has 0 aromatic heterocycles. The minimum atomic E-state index is -5.81. The van der Waals surface area contributed by atoms with Gasteiger partial charge < -0.3 is 30.4 Å². The number of esters is 2. The Balaban J connectivity index is 1.61. The van der Waals surface area contributed by atoms with E-state index in [-0.39, 0.29) is 23.7 Å². The Labute approximate surface area is 290 Å². The molecule has 284 valence electrons. The van der Waals surface area contributed by atoms with Gasteiger partial charge in [0.2, 0.25) is 0 Å². The van der Waals surface area contributed by atoms with E-state index < -0.39 is 80.8 Å². The second-order valence-corrected chi connectivity index (χ2v) is 11.1. The molecule has 0 saturated carbocycles. The van der Waals surface area contributed by atoms with Gasteiger partial charge in [0.05, 0.1) is 25.4 Å². The Morgan fingerprint density at radius 1 is 0.673 bits per heavy atom. The summed E-state index contributed by atoms with van der Waals surface area (Å²) in [5, 5.41) is 0. The molecule has 0 amide bonds. The Morgan fingerprint density at radius 3 is 1.81 bits per heavy atom. The van der Waals surface area contributed by atoms with Crippen LogP contribution in [-0.2, 0) is 16.0 Å². The standard InChI is InChI=1S/C34H32F10N2O6/c35-31(36,33(39,40)41)14-1-16-49-27-11-7-23(19-28(27)50-17-2-15-32(37,38)34(42,43)44)30(48)52-25-9-3-21(4-10-25)5-12-29(47)51-18-13-22-6-8-24(45)20-26(22)46/h3-12,19-20H,1-2,13-18,45-46H2. The second-order valence-electron chi connectivity index (χ2n) is 11.1. The lowest BCUT2D eigenvalue weighted by atomic mass is 10.1. The zero-order chi connectivity index (χ0) is 38.7. The molecule has 0 spiro atoms. The van der Waals surface area contributed by atoms with Gasteiger partial charge in [-0.25, -0.2) is 9.59 Å². The number of halogens is 10. The van der Waals surface area contributed by atoms with E-state index in [1.807, 2.05) is 0 Å². The van der Waals surface area contributed by atoms with Crippen LogP contribution in [0.2, 0.25) is 0 Å². The third-order valence-corrected chi connectivity index (χ3v) is 7.08. The molecule has 3 rings (SSSR count). The maximum atomic E-state index is 13.3. The van der Waals surface area contributed by atoms with Gasteiger partial charge in [-0.2, -0.15) is 43.9 Å². The molecule has 0 fully saturated rings. The van der Waals surface area contributed by atoms with Gasteiger partial charge in [0.1, 0.15) is 5.75 Å². The monoisotopic (exact) mass is 754 g/mol. The largest absolute Gasteiger partial charge is 0.490 e. The zero-order valence-electron chi connectivity index (χ0n) is 27.0. The molecular weight excluding hydrogens is 722 g/mol. The van der Waals surface area contributed by atoms with Crippen molar-refractivity contribution < 1.29 is 72.4 Å². The lowest BCUT2D eigenvalue weighted by molar-refractivity contribution is -0.284. The quantitative estimate of drug-likeness (QED) is 0.0351. The molecule has 8 nitrogen and oxygen atoms in total. The minimum Gasteiger partial charge on any atom is -0.490 e. The predicted octanol–water partition coefficient (Wildman–Crippen LogP) is 8.58. The normalized spacial score (nSPS) is 12.5. The molecule has 0 bridgehead atoms. The van der Waals surface area contributed by atoms with Gasteiger partial charge >= 0.3 is 36.1 Å². The van der Waals surface area contributed by atoms with Crippen molar-refractivity contribution in [3.05, 3.63) is 83.4 Å². The fourth-order valence-electron chi connectivity index (χ4n) is 4.23. The van der Waals surface area contributed by atoms with E-state index in [9.17, 15) is 53.5 Å². The van der Waals surface area contributed by atoms with E-state index in [4.69, 9.17) is 30.4 Å². The number of carbonyl (C=O) groups is 2. The van der Waals surface area contributed by atoms with Crippen molar-refractivity contribution in [2.75, 3.05) is 31.3 Å². The molecule has 4 N–H and O–H groups in total. The van der Waals surface area contributed by atoms with E-state index >= 15 is 0 Å². The van der Waals surface area contributed by atoms with Crippen molar-refractivity contribution >= 4 is 29.4 Å². The van der Waals surface area contributed by atoms with Crippen LogP contribution in [0.15, 0.2) is 66.7 Å². The van der Waals surface area contributed by atoms with E-state index in [1.54, 1.807) is 18.2 Å². The SMILES string of the molecule is Nc1ccc(CCOC(=O)C=Cc2ccc(OC(=O)c3ccc(OCCCC(F)(F)C(F)(F)F)c(OCCCC(F)(F)C(F)(F)F)c3)cc2)c(N)c1. The van der Waals surface area contributed by atoms with Gasteiger partial charge in [-0.1, -0.05) is 18.2 Å². The van der Waals surface area contributed by atoms with E-state index in [2.05, 4.69) is 0 Å². The van der Waals surface area contributed by atoms with Crippen molar-refractivity contribution in [3.63, 3.8) is 0 Å². The summed E-state index contributed by atoms with van der Waals surface area (Å²) in [5.74, 6) is -12.4. The molecule has 0 saturated heterocycles. The Morgan fingerprint density at radius 2 is 1.25 bits per heavy atom. The van der Waals surface area contributed by atoms with Gasteiger partial charge in [-0.15, -0.1) is 0 Å². The van der Waals surface area contributed by atoms with Crippen LogP contribution in [0.25, 0.3) is 6.08 Å². The molecular formula is C34H32F10N2O6. The van der Waals surface area contributed by atoms with Crippen LogP contribution in [-0.4, -0.2) is 56.0 Å². The van der Waals surface area contributed by atoms with Crippen LogP contribution < -0.4 is 25.7 Å². The van der Waals surface area contributed by atoms with Crippen LogP contribution in [0.5, 0.6) is 17.2 Å². The first-order valence-electron chi connectivity index (χ1n) is 15.3. The van der Waals surface area contributed by atoms with Gasteiger partial charge in [-0.3, -0.25) is 0 Å². The molecule has 0 heterocycles. The Bertz CT molecular complexity index is 1690. The third kappa shape index (κ3) is 12.3. The second kappa shape index (κ2) is 17.4. The van der Waals surface area contributed by atoms with Crippen molar-refractivity contribution in [2.24, 2.45) is 0 Å². The molecule has 0 aliphatic carbocycles. The molecule has 52 heavy (non-hydrogen) atoms. The Kier molecular flexibility index (Phi) is 13.8. The average molecular weight is 755 g/mol. The van der Waals surface area contributed by atoms with Gasteiger partial charge in [0.25, 0.3) is 0 Å². The first kappa shape index (κ1) is 41.3. The molecule has 3 aromatic rings. The van der Waals surface area contributed by atoms with Crippen LogP contribution in [0.4, 0.5) is 55.3 Å². The molecule has 0 aliphatic rings. The fraction of sp³-hybridized carbons (Fsp3) is 0.353. The molecule has 0 unspecified atom stereocenters. The van der Waals surface area contributed by atoms with Gasteiger partial charge in [0, 0.05) is 36.7 Å². The number of ether oxygens (including phenoxy) is 4. The highest BCUT2D eigenvalue weighted by Gasteiger charge is 2.57. The van der Waals surface area contributed by atoms with Crippen LogP contribution in [0, 0.1) is 0 Å². The van der Waals surface area contributed by atoms with E-state index in [0.29, 0.717) is 23.4 Å². The van der Waals surface area contributed by atoms with Crippen molar-refractivity contribution in [3.8, 4) is 17.2 Å². The summed E-state index contributed by atoms with van der Waals surface area (Å²) in [5.41, 5.74) is 13.5. The molecule has 3 aromatic carbocycles. The number of nitrogens with two attached hydrogens (primary N) is 2. The highest BCUT2D eigenvalue weighted by molar-refractivity contribution is 5.92. The summed E-state index contributed by atoms with van der Waals surface area (Å²) in [4.78, 5) is 24.9. The smallest absolute Gasteiger partial charge is 0.453 e. The lowest BCUT2D eigenvalue weighted by Crippen LogP contribution is -2.36. The summed E-state index contributed by atoms with van der Waals surface area (Å²) in [7, 11) is 0. The van der Waals surface area contributed by atoms with Crippen LogP contribution in [0.1, 0.15) is 47.2 Å². The summed E-state index contributed by atoms with van der Waals surface area (Å²) in [6, 6.07) is 13.8. The first-order chi connectivity index (χ1) is 24.2.